The summed E-state index contributed by atoms with van der Waals surface area (Å²) < 4.78 is 0. The van der Waals surface area contributed by atoms with Crippen LogP contribution in [0.2, 0.25) is 0 Å². The highest BCUT2D eigenvalue weighted by atomic mass is 16.2. The summed E-state index contributed by atoms with van der Waals surface area (Å²) in [5.41, 5.74) is 0.931. The van der Waals surface area contributed by atoms with Crippen molar-refractivity contribution in [2.45, 2.75) is 13.8 Å². The summed E-state index contributed by atoms with van der Waals surface area (Å²) >= 11 is 0. The summed E-state index contributed by atoms with van der Waals surface area (Å²) in [5, 5.41) is 7.32. The molecule has 1 aromatic rings. The van der Waals surface area contributed by atoms with Gasteiger partial charge in [0.25, 0.3) is 0 Å². The first-order valence-electron chi connectivity index (χ1n) is 4.23. The quantitative estimate of drug-likeness (QED) is 0.681. The van der Waals surface area contributed by atoms with Gasteiger partial charge < -0.3 is 4.90 Å². The standard InChI is InChI=1S/C9H11NO.C2H3N/c1-8(11)10(2)9-6-4-3-5-7-9;1-2-3/h3-7H,1-2H3;1H3. The van der Waals surface area contributed by atoms with Gasteiger partial charge in [0.1, 0.15) is 0 Å². The third-order valence-electron chi connectivity index (χ3n) is 1.62. The van der Waals surface area contributed by atoms with Gasteiger partial charge in [0.15, 0.2) is 0 Å². The molecule has 3 nitrogen and oxygen atoms in total. The molecule has 0 aliphatic carbocycles. The SMILES string of the molecule is CC#N.CC(=O)N(C)c1ccccc1. The lowest BCUT2D eigenvalue weighted by molar-refractivity contribution is -0.116. The Morgan fingerprint density at radius 3 is 2.14 bits per heavy atom. The van der Waals surface area contributed by atoms with Gasteiger partial charge >= 0.3 is 0 Å². The first-order valence-corrected chi connectivity index (χ1v) is 4.23. The summed E-state index contributed by atoms with van der Waals surface area (Å²) in [4.78, 5) is 12.5. The molecule has 0 saturated heterocycles. The van der Waals surface area contributed by atoms with Crippen LogP contribution in [0.25, 0.3) is 0 Å². The molecule has 0 spiro atoms. The van der Waals surface area contributed by atoms with Gasteiger partial charge in [0, 0.05) is 26.6 Å². The van der Waals surface area contributed by atoms with Crippen molar-refractivity contribution >= 4 is 11.6 Å². The Labute approximate surface area is 84.6 Å². The molecule has 0 heterocycles. The van der Waals surface area contributed by atoms with Crippen LogP contribution < -0.4 is 4.90 Å². The van der Waals surface area contributed by atoms with E-state index >= 15 is 0 Å². The van der Waals surface area contributed by atoms with E-state index in [1.54, 1.807) is 24.9 Å². The van der Waals surface area contributed by atoms with Crippen molar-refractivity contribution in [2.24, 2.45) is 0 Å². The predicted molar refractivity (Wildman–Crippen MR) is 56.8 cm³/mol. The molecule has 14 heavy (non-hydrogen) atoms. The average Bonchev–Trinajstić information content (AvgIpc) is 2.19. The van der Waals surface area contributed by atoms with Crippen molar-refractivity contribution in [3.63, 3.8) is 0 Å². The van der Waals surface area contributed by atoms with Gasteiger partial charge in [0.2, 0.25) is 5.91 Å². The maximum Gasteiger partial charge on any atom is 0.223 e. The van der Waals surface area contributed by atoms with Crippen LogP contribution in [0.3, 0.4) is 0 Å². The number of hydrogen-bond donors (Lipinski definition) is 0. The van der Waals surface area contributed by atoms with Crippen LogP contribution in [0, 0.1) is 11.3 Å². The predicted octanol–water partition coefficient (Wildman–Crippen LogP) is 2.20. The minimum Gasteiger partial charge on any atom is -0.316 e. The summed E-state index contributed by atoms with van der Waals surface area (Å²) in [6, 6.07) is 11.3. The first kappa shape index (κ1) is 12.2. The molecule has 0 atom stereocenters. The van der Waals surface area contributed by atoms with E-state index in [0.29, 0.717) is 0 Å². The number of benzene rings is 1. The van der Waals surface area contributed by atoms with E-state index in [1.165, 1.54) is 6.92 Å². The molecule has 0 aliphatic rings. The fraction of sp³-hybridized carbons (Fsp3) is 0.273. The number of anilines is 1. The fourth-order valence-corrected chi connectivity index (χ4v) is 0.833. The van der Waals surface area contributed by atoms with E-state index in [0.717, 1.165) is 5.69 Å². The number of carbonyl (C=O) groups excluding carboxylic acids is 1. The normalized spacial score (nSPS) is 7.86. The minimum absolute atomic E-state index is 0.0520. The van der Waals surface area contributed by atoms with Crippen LogP contribution in [-0.4, -0.2) is 13.0 Å². The van der Waals surface area contributed by atoms with Crippen LogP contribution >= 0.6 is 0 Å². The molecule has 1 rings (SSSR count). The lowest BCUT2D eigenvalue weighted by atomic mass is 10.3. The van der Waals surface area contributed by atoms with Gasteiger partial charge in [-0.2, -0.15) is 5.26 Å². The monoisotopic (exact) mass is 190 g/mol. The molecule has 1 amide bonds. The van der Waals surface area contributed by atoms with E-state index < -0.39 is 0 Å². The molecule has 74 valence electrons. The molecular formula is C11H14N2O. The van der Waals surface area contributed by atoms with Crippen LogP contribution in [0.15, 0.2) is 30.3 Å². The van der Waals surface area contributed by atoms with Crippen LogP contribution in [0.4, 0.5) is 5.69 Å². The Morgan fingerprint density at radius 1 is 1.36 bits per heavy atom. The van der Waals surface area contributed by atoms with Crippen molar-refractivity contribution in [3.8, 4) is 6.07 Å². The molecule has 3 heteroatoms. The highest BCUT2D eigenvalue weighted by Gasteiger charge is 2.02. The van der Waals surface area contributed by atoms with Gasteiger partial charge in [-0.05, 0) is 12.1 Å². The molecule has 0 radical (unpaired) electrons. The Balaban J connectivity index is 0.000000500. The van der Waals surface area contributed by atoms with Crippen LogP contribution in [-0.2, 0) is 4.79 Å². The highest BCUT2D eigenvalue weighted by Crippen LogP contribution is 2.10. The number of amides is 1. The molecule has 0 unspecified atom stereocenters. The molecule has 0 fully saturated rings. The minimum atomic E-state index is 0.0520. The Kier molecular flexibility index (Phi) is 5.80. The highest BCUT2D eigenvalue weighted by molar-refractivity contribution is 5.90. The zero-order chi connectivity index (χ0) is 11.0. The summed E-state index contributed by atoms with van der Waals surface area (Å²) in [5.74, 6) is 0.0520. The van der Waals surface area contributed by atoms with E-state index in [1.807, 2.05) is 30.3 Å². The first-order chi connectivity index (χ1) is 6.63. The van der Waals surface area contributed by atoms with Crippen molar-refractivity contribution in [3.05, 3.63) is 30.3 Å². The van der Waals surface area contributed by atoms with Gasteiger partial charge in [0.05, 0.1) is 6.07 Å². The van der Waals surface area contributed by atoms with Crippen molar-refractivity contribution < 1.29 is 4.79 Å². The van der Waals surface area contributed by atoms with Gasteiger partial charge in [-0.25, -0.2) is 0 Å². The summed E-state index contributed by atoms with van der Waals surface area (Å²) in [7, 11) is 1.76. The second-order valence-corrected chi connectivity index (χ2v) is 2.64. The van der Waals surface area contributed by atoms with Crippen molar-refractivity contribution in [1.29, 1.82) is 5.26 Å². The Bertz CT molecular complexity index is 314. The third kappa shape index (κ3) is 4.27. The second kappa shape index (κ2) is 6.67. The van der Waals surface area contributed by atoms with E-state index in [2.05, 4.69) is 0 Å². The topological polar surface area (TPSA) is 44.1 Å². The number of nitriles is 1. The molecule has 0 aliphatic heterocycles. The molecule has 0 aromatic heterocycles. The van der Waals surface area contributed by atoms with Crippen LogP contribution in [0.5, 0.6) is 0 Å². The molecule has 0 bridgehead atoms. The van der Waals surface area contributed by atoms with E-state index in [4.69, 9.17) is 5.26 Å². The van der Waals surface area contributed by atoms with E-state index in [-0.39, 0.29) is 5.91 Å². The van der Waals surface area contributed by atoms with Crippen molar-refractivity contribution in [2.75, 3.05) is 11.9 Å². The molecule has 1 aromatic carbocycles. The van der Waals surface area contributed by atoms with Gasteiger partial charge in [-0.1, -0.05) is 18.2 Å². The number of para-hydroxylation sites is 1. The maximum atomic E-state index is 10.9. The zero-order valence-electron chi connectivity index (χ0n) is 8.69. The van der Waals surface area contributed by atoms with E-state index in [9.17, 15) is 4.79 Å². The third-order valence-corrected chi connectivity index (χ3v) is 1.62. The molecular weight excluding hydrogens is 176 g/mol. The second-order valence-electron chi connectivity index (χ2n) is 2.64. The van der Waals surface area contributed by atoms with Crippen LogP contribution in [0.1, 0.15) is 13.8 Å². The number of carbonyl (C=O) groups is 1. The molecule has 0 saturated carbocycles. The summed E-state index contributed by atoms with van der Waals surface area (Å²) in [6.07, 6.45) is 0. The lowest BCUT2D eigenvalue weighted by Crippen LogP contribution is -2.22. The van der Waals surface area contributed by atoms with Gasteiger partial charge in [-0.3, -0.25) is 4.79 Å². The fourth-order valence-electron chi connectivity index (χ4n) is 0.833. The zero-order valence-corrected chi connectivity index (χ0v) is 8.69. The maximum absolute atomic E-state index is 10.9. The van der Waals surface area contributed by atoms with Crippen molar-refractivity contribution in [1.82, 2.24) is 0 Å². The lowest BCUT2D eigenvalue weighted by Gasteiger charge is -2.13. The Morgan fingerprint density at radius 2 is 1.79 bits per heavy atom. The van der Waals surface area contributed by atoms with Gasteiger partial charge in [-0.15, -0.1) is 0 Å². The Hall–Kier alpha value is -1.82. The number of hydrogen-bond acceptors (Lipinski definition) is 2. The largest absolute Gasteiger partial charge is 0.316 e. The average molecular weight is 190 g/mol. The number of nitrogens with zero attached hydrogens (tertiary/aromatic N) is 2. The summed E-state index contributed by atoms with van der Waals surface area (Å²) in [6.45, 7) is 2.98. The molecule has 0 N–H and O–H groups in total. The number of rotatable bonds is 1. The smallest absolute Gasteiger partial charge is 0.223 e.